The Hall–Kier alpha value is -2.34. The number of nitrogens with zero attached hydrogens (tertiary/aromatic N) is 1. The zero-order valence-electron chi connectivity index (χ0n) is 10.3. The Kier molecular flexibility index (Phi) is 4.52. The highest BCUT2D eigenvalue weighted by atomic mass is 16.3. The van der Waals surface area contributed by atoms with Gasteiger partial charge in [-0.2, -0.15) is 5.10 Å². The molecule has 1 heterocycles. The Morgan fingerprint density at radius 1 is 1.37 bits per heavy atom. The van der Waals surface area contributed by atoms with Crippen molar-refractivity contribution in [3.05, 3.63) is 48.3 Å². The Bertz CT molecular complexity index is 499. The fourth-order valence-electron chi connectivity index (χ4n) is 1.73. The summed E-state index contributed by atoms with van der Waals surface area (Å²) in [6.45, 7) is -0.117. The first-order valence-electron chi connectivity index (χ1n) is 5.99. The SMILES string of the molecule is O=C(Nc1cn[nH]c1)NC(CO)Cc1ccccc1. The van der Waals surface area contributed by atoms with E-state index in [-0.39, 0.29) is 18.7 Å². The molecular formula is C13H16N4O2. The zero-order chi connectivity index (χ0) is 13.5. The second-order valence-electron chi connectivity index (χ2n) is 4.15. The van der Waals surface area contributed by atoms with Crippen molar-refractivity contribution >= 4 is 11.7 Å². The fraction of sp³-hybridized carbons (Fsp3) is 0.231. The van der Waals surface area contributed by atoms with Crippen LogP contribution >= 0.6 is 0 Å². The maximum Gasteiger partial charge on any atom is 0.319 e. The first kappa shape index (κ1) is 13.1. The number of aliphatic hydroxyl groups is 1. The van der Waals surface area contributed by atoms with Crippen molar-refractivity contribution < 1.29 is 9.90 Å². The average molecular weight is 260 g/mol. The van der Waals surface area contributed by atoms with Crippen molar-refractivity contribution in [1.29, 1.82) is 0 Å². The van der Waals surface area contributed by atoms with E-state index in [4.69, 9.17) is 0 Å². The van der Waals surface area contributed by atoms with E-state index in [9.17, 15) is 9.90 Å². The minimum absolute atomic E-state index is 0.117. The molecule has 0 spiro atoms. The van der Waals surface area contributed by atoms with E-state index in [1.807, 2.05) is 30.3 Å². The standard InChI is InChI=1S/C13H16N4O2/c18-9-11(6-10-4-2-1-3-5-10)16-13(19)17-12-7-14-15-8-12/h1-5,7-8,11,18H,6,9H2,(H,14,15)(H2,16,17,19). The molecule has 2 rings (SSSR count). The lowest BCUT2D eigenvalue weighted by atomic mass is 10.1. The summed E-state index contributed by atoms with van der Waals surface area (Å²) >= 11 is 0. The lowest BCUT2D eigenvalue weighted by Crippen LogP contribution is -2.41. The summed E-state index contributed by atoms with van der Waals surface area (Å²) in [5.41, 5.74) is 1.64. The molecule has 0 aliphatic heterocycles. The number of hydrogen-bond acceptors (Lipinski definition) is 3. The Morgan fingerprint density at radius 3 is 2.79 bits per heavy atom. The molecule has 0 radical (unpaired) electrons. The van der Waals surface area contributed by atoms with Crippen LogP contribution in [0.4, 0.5) is 10.5 Å². The number of nitrogens with one attached hydrogen (secondary N) is 3. The van der Waals surface area contributed by atoms with Gasteiger partial charge in [-0.05, 0) is 12.0 Å². The number of anilines is 1. The third kappa shape index (κ3) is 4.11. The maximum absolute atomic E-state index is 11.7. The van der Waals surface area contributed by atoms with Crippen LogP contribution in [0, 0.1) is 0 Å². The molecule has 0 aliphatic rings. The predicted molar refractivity (Wildman–Crippen MR) is 71.8 cm³/mol. The Morgan fingerprint density at radius 2 is 2.16 bits per heavy atom. The van der Waals surface area contributed by atoms with Crippen LogP contribution < -0.4 is 10.6 Å². The first-order valence-corrected chi connectivity index (χ1v) is 5.99. The van der Waals surface area contributed by atoms with Gasteiger partial charge in [0.1, 0.15) is 0 Å². The summed E-state index contributed by atoms with van der Waals surface area (Å²) < 4.78 is 0. The van der Waals surface area contributed by atoms with Crippen LogP contribution in [0.1, 0.15) is 5.56 Å². The van der Waals surface area contributed by atoms with Gasteiger partial charge in [-0.15, -0.1) is 0 Å². The molecule has 2 amide bonds. The monoisotopic (exact) mass is 260 g/mol. The maximum atomic E-state index is 11.7. The highest BCUT2D eigenvalue weighted by Crippen LogP contribution is 2.04. The molecule has 0 saturated carbocycles. The van der Waals surface area contributed by atoms with Gasteiger partial charge in [-0.25, -0.2) is 4.79 Å². The molecule has 1 atom stereocenters. The van der Waals surface area contributed by atoms with Crippen molar-refractivity contribution in [3.63, 3.8) is 0 Å². The van der Waals surface area contributed by atoms with Gasteiger partial charge >= 0.3 is 6.03 Å². The highest BCUT2D eigenvalue weighted by Gasteiger charge is 2.12. The number of benzene rings is 1. The second kappa shape index (κ2) is 6.55. The summed E-state index contributed by atoms with van der Waals surface area (Å²) in [5.74, 6) is 0. The van der Waals surface area contributed by atoms with E-state index >= 15 is 0 Å². The number of aliphatic hydroxyl groups excluding tert-OH is 1. The zero-order valence-corrected chi connectivity index (χ0v) is 10.3. The number of aromatic nitrogens is 2. The van der Waals surface area contributed by atoms with Gasteiger partial charge in [0, 0.05) is 6.20 Å². The molecule has 0 aliphatic carbocycles. The number of hydrogen-bond donors (Lipinski definition) is 4. The number of aromatic amines is 1. The number of rotatable bonds is 5. The lowest BCUT2D eigenvalue weighted by molar-refractivity contribution is 0.224. The summed E-state index contributed by atoms with van der Waals surface area (Å²) in [4.78, 5) is 11.7. The van der Waals surface area contributed by atoms with Crippen LogP contribution in [0.5, 0.6) is 0 Å². The Balaban J connectivity index is 1.86. The average Bonchev–Trinajstić information content (AvgIpc) is 2.92. The van der Waals surface area contributed by atoms with Gasteiger partial charge in [0.15, 0.2) is 0 Å². The molecule has 2 aromatic rings. The summed E-state index contributed by atoms with van der Waals surface area (Å²) in [6.07, 6.45) is 3.66. The van der Waals surface area contributed by atoms with Gasteiger partial charge in [-0.1, -0.05) is 30.3 Å². The van der Waals surface area contributed by atoms with Gasteiger partial charge in [-0.3, -0.25) is 5.10 Å². The number of carbonyl (C=O) groups excluding carboxylic acids is 1. The minimum atomic E-state index is -0.364. The number of amides is 2. The smallest absolute Gasteiger partial charge is 0.319 e. The summed E-state index contributed by atoms with van der Waals surface area (Å²) in [6, 6.07) is 9.00. The molecule has 0 bridgehead atoms. The van der Waals surface area contributed by atoms with E-state index in [1.54, 1.807) is 6.20 Å². The predicted octanol–water partition coefficient (Wildman–Crippen LogP) is 1.13. The number of H-pyrrole nitrogens is 1. The van der Waals surface area contributed by atoms with Crippen molar-refractivity contribution in [2.45, 2.75) is 12.5 Å². The Labute approximate surface area is 110 Å². The van der Waals surface area contributed by atoms with Crippen LogP contribution in [0.25, 0.3) is 0 Å². The fourth-order valence-corrected chi connectivity index (χ4v) is 1.73. The van der Waals surface area contributed by atoms with Crippen LogP contribution in [-0.2, 0) is 6.42 Å². The molecule has 1 unspecified atom stereocenters. The van der Waals surface area contributed by atoms with E-state index in [0.717, 1.165) is 5.56 Å². The van der Waals surface area contributed by atoms with E-state index < -0.39 is 0 Å². The van der Waals surface area contributed by atoms with Crippen molar-refractivity contribution in [2.75, 3.05) is 11.9 Å². The normalized spacial score (nSPS) is 11.8. The highest BCUT2D eigenvalue weighted by molar-refractivity contribution is 5.89. The number of urea groups is 1. The molecule has 1 aromatic carbocycles. The van der Waals surface area contributed by atoms with Crippen LogP contribution in [0.3, 0.4) is 0 Å². The summed E-state index contributed by atoms with van der Waals surface area (Å²) in [7, 11) is 0. The van der Waals surface area contributed by atoms with E-state index in [1.165, 1.54) is 6.20 Å². The molecule has 6 nitrogen and oxygen atoms in total. The minimum Gasteiger partial charge on any atom is -0.394 e. The molecule has 100 valence electrons. The van der Waals surface area contributed by atoms with E-state index in [0.29, 0.717) is 12.1 Å². The largest absolute Gasteiger partial charge is 0.394 e. The van der Waals surface area contributed by atoms with Crippen LogP contribution in [0.15, 0.2) is 42.7 Å². The molecule has 4 N–H and O–H groups in total. The van der Waals surface area contributed by atoms with Crippen molar-refractivity contribution in [2.24, 2.45) is 0 Å². The molecule has 6 heteroatoms. The number of carbonyl (C=O) groups is 1. The lowest BCUT2D eigenvalue weighted by Gasteiger charge is -2.16. The second-order valence-corrected chi connectivity index (χ2v) is 4.15. The van der Waals surface area contributed by atoms with Crippen LogP contribution in [-0.4, -0.2) is 34.0 Å². The van der Waals surface area contributed by atoms with Crippen molar-refractivity contribution in [1.82, 2.24) is 15.5 Å². The van der Waals surface area contributed by atoms with E-state index in [2.05, 4.69) is 20.8 Å². The van der Waals surface area contributed by atoms with Gasteiger partial charge in [0.25, 0.3) is 0 Å². The van der Waals surface area contributed by atoms with Gasteiger partial charge in [0.2, 0.25) is 0 Å². The quantitative estimate of drug-likeness (QED) is 0.649. The molecule has 1 aromatic heterocycles. The molecule has 0 saturated heterocycles. The van der Waals surface area contributed by atoms with Gasteiger partial charge < -0.3 is 15.7 Å². The van der Waals surface area contributed by atoms with Crippen molar-refractivity contribution in [3.8, 4) is 0 Å². The third-order valence-electron chi connectivity index (χ3n) is 2.64. The molecular weight excluding hydrogens is 244 g/mol. The topological polar surface area (TPSA) is 90.0 Å². The van der Waals surface area contributed by atoms with Crippen LogP contribution in [0.2, 0.25) is 0 Å². The first-order chi connectivity index (χ1) is 9.28. The van der Waals surface area contributed by atoms with Gasteiger partial charge in [0.05, 0.1) is 24.5 Å². The summed E-state index contributed by atoms with van der Waals surface area (Å²) in [5, 5.41) is 21.0. The third-order valence-corrected chi connectivity index (χ3v) is 2.64. The molecule has 19 heavy (non-hydrogen) atoms. The molecule has 0 fully saturated rings.